The van der Waals surface area contributed by atoms with E-state index < -0.39 is 0 Å². The maximum absolute atomic E-state index is 11.3. The van der Waals surface area contributed by atoms with Gasteiger partial charge in [-0.1, -0.05) is 13.0 Å². The number of nitrogens with zero attached hydrogens (tertiary/aromatic N) is 2. The number of hydrogen-bond donors (Lipinski definition) is 2. The smallest absolute Gasteiger partial charge is 0.115 e. The molecular formula is C24H30N2O2. The maximum atomic E-state index is 11.3. The maximum Gasteiger partial charge on any atom is 0.115 e. The Morgan fingerprint density at radius 2 is 2.11 bits per heavy atom. The van der Waals surface area contributed by atoms with Gasteiger partial charge >= 0.3 is 0 Å². The van der Waals surface area contributed by atoms with E-state index in [1.165, 1.54) is 16.7 Å². The van der Waals surface area contributed by atoms with E-state index in [0.29, 0.717) is 23.5 Å². The fourth-order valence-electron chi connectivity index (χ4n) is 6.53. The Morgan fingerprint density at radius 3 is 2.86 bits per heavy atom. The summed E-state index contributed by atoms with van der Waals surface area (Å²) < 4.78 is 1.85. The molecule has 3 aliphatic carbocycles. The van der Waals surface area contributed by atoms with Gasteiger partial charge in [0, 0.05) is 24.2 Å². The lowest BCUT2D eigenvalue weighted by molar-refractivity contribution is -0.0158. The van der Waals surface area contributed by atoms with E-state index >= 15 is 0 Å². The van der Waals surface area contributed by atoms with Crippen molar-refractivity contribution >= 4 is 6.08 Å². The van der Waals surface area contributed by atoms with Crippen LogP contribution in [0, 0.1) is 24.2 Å². The van der Waals surface area contributed by atoms with Gasteiger partial charge in [-0.15, -0.1) is 0 Å². The monoisotopic (exact) mass is 378 g/mol. The van der Waals surface area contributed by atoms with Crippen molar-refractivity contribution < 1.29 is 10.2 Å². The molecule has 148 valence electrons. The Balaban J connectivity index is 1.49. The largest absolute Gasteiger partial charge is 0.508 e. The summed E-state index contributed by atoms with van der Waals surface area (Å²) in [7, 11) is 1.95. The second-order valence-corrected chi connectivity index (χ2v) is 9.51. The van der Waals surface area contributed by atoms with Crippen LogP contribution in [0.15, 0.2) is 30.0 Å². The van der Waals surface area contributed by atoms with Crippen molar-refractivity contribution in [1.29, 1.82) is 0 Å². The van der Waals surface area contributed by atoms with Crippen LogP contribution in [0.2, 0.25) is 0 Å². The van der Waals surface area contributed by atoms with Gasteiger partial charge in [0.15, 0.2) is 0 Å². The topological polar surface area (TPSA) is 58.3 Å². The molecule has 1 heterocycles. The zero-order valence-electron chi connectivity index (χ0n) is 17.0. The van der Waals surface area contributed by atoms with E-state index in [4.69, 9.17) is 0 Å². The lowest BCUT2D eigenvalue weighted by Crippen LogP contribution is -2.44. The van der Waals surface area contributed by atoms with Crippen LogP contribution in [-0.4, -0.2) is 26.1 Å². The quantitative estimate of drug-likeness (QED) is 0.776. The van der Waals surface area contributed by atoms with Crippen LogP contribution in [0.3, 0.4) is 0 Å². The molecule has 5 rings (SSSR count). The van der Waals surface area contributed by atoms with Crippen LogP contribution >= 0.6 is 0 Å². The minimum Gasteiger partial charge on any atom is -0.508 e. The third-order valence-corrected chi connectivity index (χ3v) is 7.97. The lowest BCUT2D eigenvalue weighted by Gasteiger charge is -2.49. The van der Waals surface area contributed by atoms with E-state index in [2.05, 4.69) is 24.2 Å². The first-order chi connectivity index (χ1) is 13.4. The third kappa shape index (κ3) is 2.57. The van der Waals surface area contributed by atoms with Gasteiger partial charge in [0.25, 0.3) is 0 Å². The minimum atomic E-state index is -0.362. The summed E-state index contributed by atoms with van der Waals surface area (Å²) in [5.74, 6) is 2.08. The summed E-state index contributed by atoms with van der Waals surface area (Å²) in [5.41, 5.74) is 6.06. The van der Waals surface area contributed by atoms with Crippen molar-refractivity contribution in [2.75, 3.05) is 0 Å². The predicted molar refractivity (Wildman–Crippen MR) is 110 cm³/mol. The number of aromatic hydroxyl groups is 1. The van der Waals surface area contributed by atoms with Crippen LogP contribution in [-0.2, 0) is 13.5 Å². The molecule has 2 fully saturated rings. The number of aromatic nitrogens is 2. The molecule has 0 spiro atoms. The molecule has 0 amide bonds. The summed E-state index contributed by atoms with van der Waals surface area (Å²) >= 11 is 0. The first-order valence-corrected chi connectivity index (χ1v) is 10.6. The number of aliphatic hydroxyl groups is 1. The third-order valence-electron chi connectivity index (χ3n) is 7.97. The van der Waals surface area contributed by atoms with Crippen molar-refractivity contribution in [3.05, 3.63) is 52.4 Å². The summed E-state index contributed by atoms with van der Waals surface area (Å²) in [5, 5.41) is 25.6. The zero-order chi connectivity index (χ0) is 19.6. The van der Waals surface area contributed by atoms with E-state index in [-0.39, 0.29) is 11.5 Å². The average Bonchev–Trinajstić information content (AvgIpc) is 3.11. The number of rotatable bonds is 1. The van der Waals surface area contributed by atoms with Gasteiger partial charge in [0.05, 0.1) is 11.8 Å². The first-order valence-electron chi connectivity index (χ1n) is 10.6. The first kappa shape index (κ1) is 18.0. The molecule has 0 radical (unpaired) electrons. The van der Waals surface area contributed by atoms with Crippen LogP contribution in [0.1, 0.15) is 60.9 Å². The fraction of sp³-hybridized carbons (Fsp3) is 0.542. The molecule has 3 aliphatic rings. The average molecular weight is 379 g/mol. The van der Waals surface area contributed by atoms with Gasteiger partial charge in [-0.3, -0.25) is 4.68 Å². The fourth-order valence-corrected chi connectivity index (χ4v) is 6.53. The van der Waals surface area contributed by atoms with E-state index in [9.17, 15) is 10.2 Å². The van der Waals surface area contributed by atoms with Crippen molar-refractivity contribution in [1.82, 2.24) is 9.78 Å². The van der Waals surface area contributed by atoms with Gasteiger partial charge in [0.2, 0.25) is 0 Å². The molecule has 2 N–H and O–H groups in total. The van der Waals surface area contributed by atoms with Gasteiger partial charge < -0.3 is 10.2 Å². The molecule has 5 atom stereocenters. The minimum absolute atomic E-state index is 0.0302. The van der Waals surface area contributed by atoms with E-state index in [1.807, 2.05) is 37.0 Å². The van der Waals surface area contributed by atoms with Gasteiger partial charge in [-0.2, -0.15) is 5.10 Å². The number of fused-ring (bicyclic) bond motifs is 5. The molecule has 4 heteroatoms. The number of aliphatic hydroxyl groups excluding tert-OH is 1. The van der Waals surface area contributed by atoms with Crippen LogP contribution in [0.5, 0.6) is 5.75 Å². The second kappa shape index (κ2) is 6.21. The molecule has 1 aromatic carbocycles. The van der Waals surface area contributed by atoms with Crippen molar-refractivity contribution in [2.45, 2.75) is 58.0 Å². The summed E-state index contributed by atoms with van der Waals surface area (Å²) in [4.78, 5) is 0. The molecule has 2 aromatic rings. The number of hydrogen-bond acceptors (Lipinski definition) is 3. The SMILES string of the molecule is Cc1nn(C)cc1/C=C1\C[C@@H]2[C@@H]3CCc4cc(O)ccc4[C@@H]3CC[C@]2(C)[C@@H]1O. The van der Waals surface area contributed by atoms with E-state index in [0.717, 1.165) is 43.4 Å². The second-order valence-electron chi connectivity index (χ2n) is 9.51. The van der Waals surface area contributed by atoms with Crippen LogP contribution in [0.25, 0.3) is 6.08 Å². The predicted octanol–water partition coefficient (Wildman–Crippen LogP) is 4.34. The summed E-state index contributed by atoms with van der Waals surface area (Å²) in [6.45, 7) is 4.34. The van der Waals surface area contributed by atoms with E-state index in [1.54, 1.807) is 0 Å². The van der Waals surface area contributed by atoms with Gasteiger partial charge in [0.1, 0.15) is 5.75 Å². The van der Waals surface area contributed by atoms with Gasteiger partial charge in [-0.05, 0) is 91.7 Å². The molecule has 2 saturated carbocycles. The highest BCUT2D eigenvalue weighted by molar-refractivity contribution is 5.57. The molecule has 28 heavy (non-hydrogen) atoms. The highest BCUT2D eigenvalue weighted by atomic mass is 16.3. The highest BCUT2D eigenvalue weighted by Gasteiger charge is 2.56. The normalized spacial score (nSPS) is 35.5. The summed E-state index contributed by atoms with van der Waals surface area (Å²) in [6, 6.07) is 5.94. The zero-order valence-corrected chi connectivity index (χ0v) is 17.0. The molecule has 0 unspecified atom stereocenters. The van der Waals surface area contributed by atoms with Crippen molar-refractivity contribution in [3.63, 3.8) is 0 Å². The Bertz CT molecular complexity index is 960. The number of phenols is 1. The summed E-state index contributed by atoms with van der Waals surface area (Å²) in [6.07, 6.45) is 9.25. The number of phenolic OH excluding ortho intramolecular Hbond substituents is 1. The Labute approximate surface area is 166 Å². The van der Waals surface area contributed by atoms with Crippen molar-refractivity contribution in [3.8, 4) is 5.75 Å². The molecular weight excluding hydrogens is 348 g/mol. The van der Waals surface area contributed by atoms with Crippen LogP contribution in [0.4, 0.5) is 0 Å². The number of benzene rings is 1. The van der Waals surface area contributed by atoms with Gasteiger partial charge in [-0.25, -0.2) is 0 Å². The standard InChI is InChI=1S/C24H30N2O2/c1-14-17(13-26(3)25-14)10-16-12-22-21-6-4-15-11-18(27)5-7-19(15)20(21)8-9-24(22,2)23(16)28/h5,7,10-11,13,20-23,27-28H,4,6,8-9,12H2,1-3H3/b16-10+/t20-,21+,22+,23+,24-/m0/s1. The Hall–Kier alpha value is -2.07. The lowest BCUT2D eigenvalue weighted by atomic mass is 9.55. The van der Waals surface area contributed by atoms with Crippen LogP contribution < -0.4 is 0 Å². The highest BCUT2D eigenvalue weighted by Crippen LogP contribution is 2.62. The molecule has 4 nitrogen and oxygen atoms in total. The van der Waals surface area contributed by atoms with Crippen molar-refractivity contribution in [2.24, 2.45) is 24.3 Å². The Kier molecular flexibility index (Phi) is 3.99. The Morgan fingerprint density at radius 1 is 1.29 bits per heavy atom. The molecule has 0 saturated heterocycles. The molecule has 1 aromatic heterocycles. The number of aryl methyl sites for hydroxylation is 3. The molecule has 0 bridgehead atoms. The molecule has 0 aliphatic heterocycles.